The summed E-state index contributed by atoms with van der Waals surface area (Å²) in [6.07, 6.45) is 2.84. The Morgan fingerprint density at radius 3 is 2.86 bits per heavy atom. The number of ether oxygens (including phenoxy) is 2. The van der Waals surface area contributed by atoms with Crippen molar-refractivity contribution >= 4 is 40.7 Å². The van der Waals surface area contributed by atoms with E-state index in [4.69, 9.17) is 15.2 Å². The van der Waals surface area contributed by atoms with Crippen molar-refractivity contribution in [2.45, 2.75) is 26.7 Å². The van der Waals surface area contributed by atoms with Crippen LogP contribution >= 0.6 is 22.9 Å². The molecular weight excluding hydrogens is 412 g/mol. The van der Waals surface area contributed by atoms with Crippen molar-refractivity contribution in [1.29, 1.82) is 0 Å². The Morgan fingerprint density at radius 2 is 2.14 bits per heavy atom. The topological polar surface area (TPSA) is 116 Å². The lowest BCUT2D eigenvalue weighted by molar-refractivity contribution is 0.100. The molecule has 0 saturated heterocycles. The zero-order valence-corrected chi connectivity index (χ0v) is 17.4. The summed E-state index contributed by atoms with van der Waals surface area (Å²) in [4.78, 5) is 29.4. The van der Waals surface area contributed by atoms with Gasteiger partial charge in [-0.3, -0.25) is 10.1 Å². The molecule has 3 heterocycles. The summed E-state index contributed by atoms with van der Waals surface area (Å²) in [5.41, 5.74) is 9.14. The van der Waals surface area contributed by atoms with Crippen LogP contribution in [0, 0.1) is 6.92 Å². The molecule has 0 unspecified atom stereocenters. The Hall–Kier alpha value is -2.98. The SMILES string of the molecule is CCOC(=O)Nc1ccc(Oc2sc(C(N)=O)c3c2-c2sncc2CC3)c(C)n1. The number of nitrogens with one attached hydrogen (secondary N) is 1. The van der Waals surface area contributed by atoms with Crippen molar-refractivity contribution in [2.24, 2.45) is 5.73 Å². The van der Waals surface area contributed by atoms with Crippen LogP contribution in [0.15, 0.2) is 18.3 Å². The number of hydrogen-bond donors (Lipinski definition) is 2. The van der Waals surface area contributed by atoms with Crippen molar-refractivity contribution in [3.8, 4) is 21.3 Å². The van der Waals surface area contributed by atoms with Gasteiger partial charge in [0.15, 0.2) is 5.06 Å². The average molecular weight is 431 g/mol. The Kier molecular flexibility index (Phi) is 5.20. The standard InChI is InChI=1S/C19H18N4O4S2/c1-3-26-19(25)23-13-7-6-12(9(2)22-13)27-18-14-11(16(28-18)17(20)24)5-4-10-8-21-29-15(10)14/h6-8H,3-5H2,1-2H3,(H2,20,24)(H,22,23,25). The van der Waals surface area contributed by atoms with Gasteiger partial charge in [-0.05, 0) is 61.5 Å². The van der Waals surface area contributed by atoms with E-state index in [2.05, 4.69) is 14.7 Å². The number of aryl methyl sites for hydroxylation is 2. The molecule has 150 valence electrons. The smallest absolute Gasteiger partial charge is 0.412 e. The van der Waals surface area contributed by atoms with E-state index in [0.717, 1.165) is 34.4 Å². The van der Waals surface area contributed by atoms with Crippen LogP contribution in [0.25, 0.3) is 10.4 Å². The Bertz CT molecular complexity index is 1110. The monoisotopic (exact) mass is 430 g/mol. The number of fused-ring (bicyclic) bond motifs is 3. The van der Waals surface area contributed by atoms with E-state index in [1.807, 2.05) is 6.20 Å². The third-order valence-corrected chi connectivity index (χ3v) is 6.44. The van der Waals surface area contributed by atoms with Crippen molar-refractivity contribution in [2.75, 3.05) is 11.9 Å². The van der Waals surface area contributed by atoms with Crippen molar-refractivity contribution in [1.82, 2.24) is 9.36 Å². The van der Waals surface area contributed by atoms with E-state index in [-0.39, 0.29) is 6.61 Å². The Balaban J connectivity index is 1.67. The molecule has 0 bridgehead atoms. The van der Waals surface area contributed by atoms with Gasteiger partial charge in [-0.2, -0.15) is 0 Å². The molecule has 2 amide bonds. The largest absolute Gasteiger partial charge is 0.450 e. The first-order valence-corrected chi connectivity index (χ1v) is 10.6. The number of amides is 2. The minimum absolute atomic E-state index is 0.275. The summed E-state index contributed by atoms with van der Waals surface area (Å²) in [6, 6.07) is 3.35. The van der Waals surface area contributed by atoms with E-state index in [1.165, 1.54) is 22.9 Å². The molecular formula is C19H18N4O4S2. The zero-order valence-electron chi connectivity index (χ0n) is 15.8. The quantitative estimate of drug-likeness (QED) is 0.628. The number of carbonyl (C=O) groups excluding carboxylic acids is 2. The van der Waals surface area contributed by atoms with Gasteiger partial charge >= 0.3 is 6.09 Å². The number of carbonyl (C=O) groups is 2. The number of nitrogens with two attached hydrogens (primary N) is 1. The number of primary amides is 1. The summed E-state index contributed by atoms with van der Waals surface area (Å²) in [6.45, 7) is 3.78. The first-order chi connectivity index (χ1) is 14.0. The van der Waals surface area contributed by atoms with Crippen molar-refractivity contribution < 1.29 is 19.1 Å². The Labute approximate surface area is 174 Å². The lowest BCUT2D eigenvalue weighted by atomic mass is 9.93. The van der Waals surface area contributed by atoms with Crippen LogP contribution in [0.3, 0.4) is 0 Å². The number of hydrogen-bond acceptors (Lipinski definition) is 8. The number of pyridine rings is 1. The normalized spacial score (nSPS) is 12.1. The van der Waals surface area contributed by atoms with Crippen LogP contribution in [0.1, 0.15) is 33.4 Å². The fourth-order valence-corrected chi connectivity index (χ4v) is 5.18. The minimum atomic E-state index is -0.566. The maximum absolute atomic E-state index is 12.0. The zero-order chi connectivity index (χ0) is 20.5. The molecule has 0 aromatic carbocycles. The molecule has 3 aromatic rings. The second-order valence-electron chi connectivity index (χ2n) is 6.34. The first kappa shape index (κ1) is 19.3. The van der Waals surface area contributed by atoms with E-state index >= 15 is 0 Å². The molecule has 0 spiro atoms. The maximum Gasteiger partial charge on any atom is 0.412 e. The van der Waals surface area contributed by atoms with Crippen molar-refractivity contribution in [3.63, 3.8) is 0 Å². The molecule has 0 fully saturated rings. The predicted molar refractivity (Wildman–Crippen MR) is 111 cm³/mol. The minimum Gasteiger partial charge on any atom is -0.450 e. The molecule has 3 N–H and O–H groups in total. The van der Waals surface area contributed by atoms with E-state index in [0.29, 0.717) is 27.2 Å². The van der Waals surface area contributed by atoms with E-state index < -0.39 is 12.0 Å². The molecule has 0 aliphatic heterocycles. The second kappa shape index (κ2) is 7.80. The highest BCUT2D eigenvalue weighted by Crippen LogP contribution is 2.50. The number of rotatable bonds is 5. The van der Waals surface area contributed by atoms with Gasteiger partial charge in [-0.15, -0.1) is 0 Å². The summed E-state index contributed by atoms with van der Waals surface area (Å²) in [5.74, 6) is 0.429. The molecule has 0 radical (unpaired) electrons. The highest BCUT2D eigenvalue weighted by atomic mass is 32.1. The summed E-state index contributed by atoms with van der Waals surface area (Å²) in [7, 11) is 0. The number of anilines is 1. The highest BCUT2D eigenvalue weighted by Gasteiger charge is 2.30. The van der Waals surface area contributed by atoms with Crippen molar-refractivity contribution in [3.05, 3.63) is 40.0 Å². The highest BCUT2D eigenvalue weighted by molar-refractivity contribution is 7.17. The Morgan fingerprint density at radius 1 is 1.31 bits per heavy atom. The van der Waals surface area contributed by atoms with Gasteiger partial charge in [0.25, 0.3) is 5.91 Å². The van der Waals surface area contributed by atoms with Gasteiger partial charge in [0.1, 0.15) is 11.6 Å². The number of aromatic nitrogens is 2. The molecule has 1 aliphatic carbocycles. The van der Waals surface area contributed by atoms with Crippen LogP contribution in [0.4, 0.5) is 10.6 Å². The lowest BCUT2D eigenvalue weighted by Crippen LogP contribution is -2.14. The lowest BCUT2D eigenvalue weighted by Gasteiger charge is -2.14. The van der Waals surface area contributed by atoms with Crippen LogP contribution in [-0.4, -0.2) is 28.0 Å². The fourth-order valence-electron chi connectivity index (χ4n) is 3.18. The fraction of sp³-hybridized carbons (Fsp3) is 0.263. The molecule has 3 aromatic heterocycles. The molecule has 10 heteroatoms. The molecule has 4 rings (SSSR count). The maximum atomic E-state index is 12.0. The predicted octanol–water partition coefficient (Wildman–Crippen LogP) is 4.13. The number of nitrogens with zero attached hydrogens (tertiary/aromatic N) is 2. The molecule has 29 heavy (non-hydrogen) atoms. The van der Waals surface area contributed by atoms with Gasteiger partial charge < -0.3 is 15.2 Å². The van der Waals surface area contributed by atoms with E-state index in [1.54, 1.807) is 26.0 Å². The molecule has 8 nitrogen and oxygen atoms in total. The van der Waals surface area contributed by atoms with E-state index in [9.17, 15) is 9.59 Å². The van der Waals surface area contributed by atoms with Gasteiger partial charge in [0.2, 0.25) is 0 Å². The first-order valence-electron chi connectivity index (χ1n) is 8.96. The summed E-state index contributed by atoms with van der Waals surface area (Å²) >= 11 is 2.62. The van der Waals surface area contributed by atoms with Crippen LogP contribution < -0.4 is 15.8 Å². The van der Waals surface area contributed by atoms with Gasteiger partial charge in [-0.1, -0.05) is 11.3 Å². The average Bonchev–Trinajstić information content (AvgIpc) is 3.28. The van der Waals surface area contributed by atoms with Crippen LogP contribution in [0.5, 0.6) is 10.8 Å². The summed E-state index contributed by atoms with van der Waals surface area (Å²) in [5, 5.41) is 3.15. The molecule has 1 aliphatic rings. The van der Waals surface area contributed by atoms with Crippen LogP contribution in [-0.2, 0) is 17.6 Å². The third-order valence-electron chi connectivity index (χ3n) is 4.46. The molecule has 0 atom stereocenters. The van der Waals surface area contributed by atoms with Gasteiger partial charge in [0.05, 0.1) is 27.6 Å². The van der Waals surface area contributed by atoms with Gasteiger partial charge in [-0.25, -0.2) is 14.2 Å². The van der Waals surface area contributed by atoms with Crippen LogP contribution in [0.2, 0.25) is 0 Å². The molecule has 0 saturated carbocycles. The second-order valence-corrected chi connectivity index (χ2v) is 8.13. The third kappa shape index (κ3) is 3.68. The van der Waals surface area contributed by atoms with Gasteiger partial charge in [0, 0.05) is 6.20 Å². The summed E-state index contributed by atoms with van der Waals surface area (Å²) < 4.78 is 15.3. The number of thiophene rings is 1.